The van der Waals surface area contributed by atoms with Crippen LogP contribution in [0.25, 0.3) is 0 Å². The average Bonchev–Trinajstić information content (AvgIpc) is 2.32. The number of aryl methyl sites for hydroxylation is 1. The van der Waals surface area contributed by atoms with Gasteiger partial charge >= 0.3 is 0 Å². The van der Waals surface area contributed by atoms with E-state index in [-0.39, 0.29) is 10.8 Å². The van der Waals surface area contributed by atoms with Crippen molar-refractivity contribution in [3.63, 3.8) is 0 Å². The van der Waals surface area contributed by atoms with Crippen molar-refractivity contribution >= 4 is 6.29 Å². The molecule has 2 rings (SSSR count). The van der Waals surface area contributed by atoms with Crippen LogP contribution in [0.3, 0.4) is 0 Å². The summed E-state index contributed by atoms with van der Waals surface area (Å²) in [7, 11) is 0. The Morgan fingerprint density at radius 1 is 1.12 bits per heavy atom. The predicted octanol–water partition coefficient (Wildman–Crippen LogP) is 4.07. The van der Waals surface area contributed by atoms with Gasteiger partial charge in [0.05, 0.1) is 0 Å². The summed E-state index contributed by atoms with van der Waals surface area (Å²) in [6.07, 6.45) is 2.16. The molecule has 1 nitrogen and oxygen atoms in total. The van der Waals surface area contributed by atoms with E-state index in [4.69, 9.17) is 0 Å². The van der Waals surface area contributed by atoms with Crippen LogP contribution in [0.2, 0.25) is 0 Å². The Labute approximate surface area is 104 Å². The summed E-state index contributed by atoms with van der Waals surface area (Å²) in [5.74, 6) is 0. The second-order valence-corrected chi connectivity index (χ2v) is 6.72. The van der Waals surface area contributed by atoms with Crippen LogP contribution >= 0.6 is 0 Å². The Balaban J connectivity index is 2.84. The van der Waals surface area contributed by atoms with E-state index >= 15 is 0 Å². The van der Waals surface area contributed by atoms with Crippen molar-refractivity contribution in [3.05, 3.63) is 33.9 Å². The van der Waals surface area contributed by atoms with E-state index in [1.807, 2.05) is 6.92 Å². The molecule has 17 heavy (non-hydrogen) atoms. The van der Waals surface area contributed by atoms with Crippen LogP contribution < -0.4 is 0 Å². The molecule has 0 atom stereocenters. The van der Waals surface area contributed by atoms with Crippen molar-refractivity contribution in [3.8, 4) is 0 Å². The van der Waals surface area contributed by atoms with Gasteiger partial charge in [-0.3, -0.25) is 4.79 Å². The fourth-order valence-corrected chi connectivity index (χ4v) is 3.87. The third-order valence-electron chi connectivity index (χ3n) is 4.24. The minimum atomic E-state index is 0.175. The first-order valence-corrected chi connectivity index (χ1v) is 6.31. The lowest BCUT2D eigenvalue weighted by atomic mass is 9.81. The van der Waals surface area contributed by atoms with Gasteiger partial charge in [-0.25, -0.2) is 0 Å². The zero-order valence-corrected chi connectivity index (χ0v) is 11.8. The molecule has 1 aliphatic carbocycles. The third-order valence-corrected chi connectivity index (χ3v) is 4.24. The standard InChI is InChI=1S/C16H22O/c1-10-7-13-14(11(2)12(10)8-17)16(5,6)9-15(13,3)4/h7-8H,9H2,1-6H3. The zero-order chi connectivity index (χ0) is 13.0. The molecule has 92 valence electrons. The first-order valence-electron chi connectivity index (χ1n) is 6.31. The van der Waals surface area contributed by atoms with E-state index in [0.717, 1.165) is 23.8 Å². The van der Waals surface area contributed by atoms with Crippen molar-refractivity contribution in [2.24, 2.45) is 0 Å². The maximum absolute atomic E-state index is 11.2. The van der Waals surface area contributed by atoms with E-state index in [1.54, 1.807) is 0 Å². The number of benzene rings is 1. The zero-order valence-electron chi connectivity index (χ0n) is 11.8. The van der Waals surface area contributed by atoms with Crippen LogP contribution in [0.5, 0.6) is 0 Å². The van der Waals surface area contributed by atoms with E-state index < -0.39 is 0 Å². The van der Waals surface area contributed by atoms with Gasteiger partial charge in [0.25, 0.3) is 0 Å². The highest BCUT2D eigenvalue weighted by Gasteiger charge is 2.43. The van der Waals surface area contributed by atoms with Crippen LogP contribution in [0.4, 0.5) is 0 Å². The molecule has 0 aromatic heterocycles. The summed E-state index contributed by atoms with van der Waals surface area (Å²) in [6, 6.07) is 2.22. The molecule has 0 bridgehead atoms. The number of carbonyl (C=O) groups is 1. The number of fused-ring (bicyclic) bond motifs is 1. The number of hydrogen-bond donors (Lipinski definition) is 0. The fraction of sp³-hybridized carbons (Fsp3) is 0.562. The molecule has 0 saturated heterocycles. The Morgan fingerprint density at radius 2 is 1.71 bits per heavy atom. The van der Waals surface area contributed by atoms with Gasteiger partial charge in [0.2, 0.25) is 0 Å². The third kappa shape index (κ3) is 1.64. The van der Waals surface area contributed by atoms with Crippen molar-refractivity contribution in [1.29, 1.82) is 0 Å². The second kappa shape index (κ2) is 3.44. The lowest BCUT2D eigenvalue weighted by Crippen LogP contribution is -2.18. The lowest BCUT2D eigenvalue weighted by molar-refractivity contribution is 0.112. The molecular weight excluding hydrogens is 208 g/mol. The van der Waals surface area contributed by atoms with Crippen LogP contribution in [0, 0.1) is 13.8 Å². The molecule has 1 heteroatoms. The summed E-state index contributed by atoms with van der Waals surface area (Å²) in [4.78, 5) is 11.2. The smallest absolute Gasteiger partial charge is 0.150 e. The maximum atomic E-state index is 11.2. The Hall–Kier alpha value is -1.11. The Kier molecular flexibility index (Phi) is 2.50. The number of carbonyl (C=O) groups excluding carboxylic acids is 1. The molecule has 0 unspecified atom stereocenters. The Morgan fingerprint density at radius 3 is 2.24 bits per heavy atom. The highest BCUT2D eigenvalue weighted by Crippen LogP contribution is 2.51. The molecule has 0 aliphatic heterocycles. The monoisotopic (exact) mass is 230 g/mol. The van der Waals surface area contributed by atoms with E-state index in [2.05, 4.69) is 40.7 Å². The van der Waals surface area contributed by atoms with Gasteiger partial charge < -0.3 is 0 Å². The van der Waals surface area contributed by atoms with Crippen LogP contribution in [0.1, 0.15) is 66.7 Å². The van der Waals surface area contributed by atoms with Crippen LogP contribution in [0.15, 0.2) is 6.07 Å². The summed E-state index contributed by atoms with van der Waals surface area (Å²) < 4.78 is 0. The van der Waals surface area contributed by atoms with Gasteiger partial charge in [-0.1, -0.05) is 33.8 Å². The summed E-state index contributed by atoms with van der Waals surface area (Å²) >= 11 is 0. The second-order valence-electron chi connectivity index (χ2n) is 6.72. The summed E-state index contributed by atoms with van der Waals surface area (Å²) in [5.41, 5.74) is 6.41. The summed E-state index contributed by atoms with van der Waals surface area (Å²) in [5, 5.41) is 0. The molecule has 0 saturated carbocycles. The fourth-order valence-electron chi connectivity index (χ4n) is 3.87. The van der Waals surface area contributed by atoms with Gasteiger partial charge in [-0.15, -0.1) is 0 Å². The molecule has 1 aromatic rings. The molecule has 0 spiro atoms. The number of aldehydes is 1. The van der Waals surface area contributed by atoms with Gasteiger partial charge in [-0.2, -0.15) is 0 Å². The average molecular weight is 230 g/mol. The van der Waals surface area contributed by atoms with Gasteiger partial charge in [0, 0.05) is 5.56 Å². The van der Waals surface area contributed by atoms with Crippen molar-refractivity contribution in [2.45, 2.75) is 58.8 Å². The molecule has 0 amide bonds. The molecule has 0 N–H and O–H groups in total. The summed E-state index contributed by atoms with van der Waals surface area (Å²) in [6.45, 7) is 13.3. The van der Waals surface area contributed by atoms with Crippen molar-refractivity contribution in [1.82, 2.24) is 0 Å². The van der Waals surface area contributed by atoms with Crippen molar-refractivity contribution in [2.75, 3.05) is 0 Å². The first kappa shape index (κ1) is 12.3. The highest BCUT2D eigenvalue weighted by atomic mass is 16.1. The van der Waals surface area contributed by atoms with E-state index in [9.17, 15) is 4.79 Å². The minimum Gasteiger partial charge on any atom is -0.298 e. The van der Waals surface area contributed by atoms with E-state index in [0.29, 0.717) is 0 Å². The number of rotatable bonds is 1. The SMILES string of the molecule is Cc1cc2c(c(C)c1C=O)C(C)(C)CC2(C)C. The highest BCUT2D eigenvalue weighted by molar-refractivity contribution is 5.81. The number of hydrogen-bond acceptors (Lipinski definition) is 1. The first-order chi connectivity index (χ1) is 7.70. The quantitative estimate of drug-likeness (QED) is 0.664. The van der Waals surface area contributed by atoms with Gasteiger partial charge in [0.1, 0.15) is 0 Å². The molecule has 0 heterocycles. The maximum Gasteiger partial charge on any atom is 0.150 e. The van der Waals surface area contributed by atoms with E-state index in [1.165, 1.54) is 16.7 Å². The van der Waals surface area contributed by atoms with Crippen LogP contribution in [-0.2, 0) is 10.8 Å². The minimum absolute atomic E-state index is 0.175. The van der Waals surface area contributed by atoms with Crippen molar-refractivity contribution < 1.29 is 4.79 Å². The van der Waals surface area contributed by atoms with Gasteiger partial charge in [-0.05, 0) is 53.4 Å². The van der Waals surface area contributed by atoms with Gasteiger partial charge in [0.15, 0.2) is 6.29 Å². The molecular formula is C16H22O. The molecule has 0 radical (unpaired) electrons. The molecule has 1 aromatic carbocycles. The largest absolute Gasteiger partial charge is 0.298 e. The Bertz CT molecular complexity index is 493. The molecule has 1 aliphatic rings. The lowest BCUT2D eigenvalue weighted by Gasteiger charge is -2.23. The topological polar surface area (TPSA) is 17.1 Å². The molecule has 0 fully saturated rings. The van der Waals surface area contributed by atoms with Crippen LogP contribution in [-0.4, -0.2) is 6.29 Å². The predicted molar refractivity (Wildman–Crippen MR) is 72.0 cm³/mol. The normalized spacial score (nSPS) is 20.1.